The van der Waals surface area contributed by atoms with Crippen LogP contribution < -0.4 is 17.6 Å². The molecule has 1 rings (SSSR count). The summed E-state index contributed by atoms with van der Waals surface area (Å²) in [6, 6.07) is 7.09. The number of rotatable bonds is 0. The van der Waals surface area contributed by atoms with Crippen molar-refractivity contribution < 1.29 is 0 Å². The van der Waals surface area contributed by atoms with Crippen LogP contribution in [0.5, 0.6) is 0 Å². The van der Waals surface area contributed by atoms with Crippen molar-refractivity contribution in [3.63, 3.8) is 0 Å². The molecule has 0 saturated carbocycles. The van der Waals surface area contributed by atoms with E-state index in [2.05, 4.69) is 0 Å². The summed E-state index contributed by atoms with van der Waals surface area (Å²) in [7, 11) is 0. The van der Waals surface area contributed by atoms with Gasteiger partial charge < -0.3 is 17.6 Å². The highest BCUT2D eigenvalue weighted by Crippen LogP contribution is 2.04. The molecule has 0 amide bonds. The van der Waals surface area contributed by atoms with Gasteiger partial charge in [0.2, 0.25) is 0 Å². The topological polar surface area (TPSA) is 87.0 Å². The second-order valence-corrected chi connectivity index (χ2v) is 1.67. The predicted molar refractivity (Wildman–Crippen MR) is 51.6 cm³/mol. The largest absolute Gasteiger partial charge is 0.399 e. The summed E-state index contributed by atoms with van der Waals surface area (Å²) in [4.78, 5) is 0. The van der Waals surface area contributed by atoms with Gasteiger partial charge in [-0.1, -0.05) is 13.8 Å². The van der Waals surface area contributed by atoms with Gasteiger partial charge in [0.1, 0.15) is 0 Å². The van der Waals surface area contributed by atoms with Crippen LogP contribution in [0.4, 0.5) is 11.4 Å². The SMILES string of the molecule is CC.N.Nc1ccc(N)cc1. The van der Waals surface area contributed by atoms with E-state index in [0.717, 1.165) is 11.4 Å². The fraction of sp³-hybridized carbons (Fsp3) is 0.250. The van der Waals surface area contributed by atoms with Crippen LogP contribution in [0.2, 0.25) is 0 Å². The highest BCUT2D eigenvalue weighted by Gasteiger charge is 1.80. The van der Waals surface area contributed by atoms with Gasteiger partial charge in [0.05, 0.1) is 0 Å². The molecule has 3 nitrogen and oxygen atoms in total. The molecule has 11 heavy (non-hydrogen) atoms. The van der Waals surface area contributed by atoms with Gasteiger partial charge in [-0.15, -0.1) is 0 Å². The Morgan fingerprint density at radius 2 is 1.00 bits per heavy atom. The molecule has 3 heteroatoms. The molecule has 0 aliphatic carbocycles. The zero-order valence-electron chi connectivity index (χ0n) is 7.17. The zero-order valence-corrected chi connectivity index (χ0v) is 7.17. The second kappa shape index (κ2) is 6.89. The Morgan fingerprint density at radius 3 is 1.18 bits per heavy atom. The molecule has 0 aliphatic heterocycles. The van der Waals surface area contributed by atoms with E-state index in [1.165, 1.54) is 0 Å². The Morgan fingerprint density at radius 1 is 0.818 bits per heavy atom. The van der Waals surface area contributed by atoms with E-state index < -0.39 is 0 Å². The van der Waals surface area contributed by atoms with Crippen molar-refractivity contribution in [1.82, 2.24) is 6.15 Å². The first-order chi connectivity index (χ1) is 4.79. The Bertz CT molecular complexity index is 148. The number of benzene rings is 1. The van der Waals surface area contributed by atoms with Crippen molar-refractivity contribution >= 4 is 11.4 Å². The third kappa shape index (κ3) is 5.24. The molecule has 64 valence electrons. The molecule has 0 spiro atoms. The lowest BCUT2D eigenvalue weighted by molar-refractivity contribution is 1.50. The van der Waals surface area contributed by atoms with Crippen LogP contribution in [0.3, 0.4) is 0 Å². The summed E-state index contributed by atoms with van der Waals surface area (Å²) < 4.78 is 0. The third-order valence-corrected chi connectivity index (χ3v) is 0.936. The van der Waals surface area contributed by atoms with E-state index in [1.54, 1.807) is 24.3 Å². The molecule has 0 heterocycles. The molecule has 7 N–H and O–H groups in total. The van der Waals surface area contributed by atoms with E-state index in [9.17, 15) is 0 Å². The molecule has 1 aromatic carbocycles. The Balaban J connectivity index is 0. The fourth-order valence-corrected chi connectivity index (χ4v) is 0.496. The first-order valence-corrected chi connectivity index (χ1v) is 3.40. The molecule has 0 saturated heterocycles. The Kier molecular flexibility index (Phi) is 7.81. The van der Waals surface area contributed by atoms with Gasteiger partial charge in [0.25, 0.3) is 0 Å². The average Bonchev–Trinajstić information content (AvgIpc) is 2.00. The smallest absolute Gasteiger partial charge is 0.0315 e. The quantitative estimate of drug-likeness (QED) is 0.501. The van der Waals surface area contributed by atoms with Gasteiger partial charge in [-0.05, 0) is 24.3 Å². The van der Waals surface area contributed by atoms with E-state index in [-0.39, 0.29) is 6.15 Å². The highest BCUT2D eigenvalue weighted by atomic mass is 14.6. The van der Waals surface area contributed by atoms with Crippen molar-refractivity contribution in [2.45, 2.75) is 13.8 Å². The summed E-state index contributed by atoms with van der Waals surface area (Å²) in [5.74, 6) is 0. The summed E-state index contributed by atoms with van der Waals surface area (Å²) >= 11 is 0. The average molecular weight is 155 g/mol. The highest BCUT2D eigenvalue weighted by molar-refractivity contribution is 5.47. The van der Waals surface area contributed by atoms with E-state index in [1.807, 2.05) is 13.8 Å². The van der Waals surface area contributed by atoms with Crippen LogP contribution in [-0.2, 0) is 0 Å². The first kappa shape index (κ1) is 12.5. The maximum Gasteiger partial charge on any atom is 0.0315 e. The molecule has 0 unspecified atom stereocenters. The monoisotopic (exact) mass is 155 g/mol. The summed E-state index contributed by atoms with van der Waals surface area (Å²) in [5, 5.41) is 0. The molecular weight excluding hydrogens is 138 g/mol. The minimum absolute atomic E-state index is 0. The third-order valence-electron chi connectivity index (χ3n) is 0.936. The fourth-order valence-electron chi connectivity index (χ4n) is 0.496. The summed E-state index contributed by atoms with van der Waals surface area (Å²) in [6.07, 6.45) is 0. The van der Waals surface area contributed by atoms with Crippen LogP contribution >= 0.6 is 0 Å². The van der Waals surface area contributed by atoms with Crippen molar-refractivity contribution in [2.75, 3.05) is 11.5 Å². The van der Waals surface area contributed by atoms with Gasteiger partial charge >= 0.3 is 0 Å². The molecular formula is C8H17N3. The minimum atomic E-state index is 0. The lowest BCUT2D eigenvalue weighted by Gasteiger charge is -1.90. The van der Waals surface area contributed by atoms with Crippen molar-refractivity contribution in [3.05, 3.63) is 24.3 Å². The van der Waals surface area contributed by atoms with Crippen LogP contribution in [0.15, 0.2) is 24.3 Å². The standard InChI is InChI=1S/C6H8N2.C2H6.H3N/c7-5-1-2-6(8)4-3-5;1-2;/h1-4H,7-8H2;1-2H3;1H3. The molecule has 0 radical (unpaired) electrons. The number of nitrogens with two attached hydrogens (primary N) is 2. The van der Waals surface area contributed by atoms with Crippen LogP contribution in [0.1, 0.15) is 13.8 Å². The number of anilines is 2. The van der Waals surface area contributed by atoms with Crippen molar-refractivity contribution in [2.24, 2.45) is 0 Å². The molecule has 0 bridgehead atoms. The lowest BCUT2D eigenvalue weighted by Crippen LogP contribution is -1.86. The summed E-state index contributed by atoms with van der Waals surface area (Å²) in [5.41, 5.74) is 12.2. The number of hydrogen-bond donors (Lipinski definition) is 3. The van der Waals surface area contributed by atoms with Gasteiger partial charge in [-0.2, -0.15) is 0 Å². The van der Waals surface area contributed by atoms with Gasteiger partial charge in [0.15, 0.2) is 0 Å². The van der Waals surface area contributed by atoms with Crippen LogP contribution in [-0.4, -0.2) is 0 Å². The first-order valence-electron chi connectivity index (χ1n) is 3.40. The molecule has 1 aromatic rings. The van der Waals surface area contributed by atoms with E-state index in [4.69, 9.17) is 11.5 Å². The van der Waals surface area contributed by atoms with Crippen molar-refractivity contribution in [3.8, 4) is 0 Å². The molecule has 0 fully saturated rings. The second-order valence-electron chi connectivity index (χ2n) is 1.67. The molecule has 0 aliphatic rings. The summed E-state index contributed by atoms with van der Waals surface area (Å²) in [6.45, 7) is 4.00. The van der Waals surface area contributed by atoms with Crippen molar-refractivity contribution in [1.29, 1.82) is 0 Å². The lowest BCUT2D eigenvalue weighted by atomic mass is 10.3. The number of hydrogen-bond acceptors (Lipinski definition) is 3. The maximum atomic E-state index is 5.37. The van der Waals surface area contributed by atoms with Crippen LogP contribution in [0.25, 0.3) is 0 Å². The molecule has 0 aromatic heterocycles. The van der Waals surface area contributed by atoms with Crippen LogP contribution in [0, 0.1) is 0 Å². The maximum absolute atomic E-state index is 5.37. The minimum Gasteiger partial charge on any atom is -0.399 e. The number of nitrogen functional groups attached to an aromatic ring is 2. The Hall–Kier alpha value is -1.22. The van der Waals surface area contributed by atoms with Gasteiger partial charge in [-0.3, -0.25) is 0 Å². The zero-order chi connectivity index (χ0) is 7.98. The normalized spacial score (nSPS) is 7.09. The van der Waals surface area contributed by atoms with E-state index in [0.29, 0.717) is 0 Å². The van der Waals surface area contributed by atoms with Gasteiger partial charge in [-0.25, -0.2) is 0 Å². The van der Waals surface area contributed by atoms with Gasteiger partial charge in [0, 0.05) is 11.4 Å². The predicted octanol–water partition coefficient (Wildman–Crippen LogP) is 2.04. The Labute approximate surface area is 68.0 Å². The van der Waals surface area contributed by atoms with E-state index >= 15 is 0 Å². The molecule has 0 atom stereocenters.